The third kappa shape index (κ3) is 1.47. The van der Waals surface area contributed by atoms with Gasteiger partial charge in [0.1, 0.15) is 0 Å². The third-order valence-corrected chi connectivity index (χ3v) is 3.35. The van der Waals surface area contributed by atoms with Gasteiger partial charge in [0.05, 0.1) is 6.10 Å². The highest BCUT2D eigenvalue weighted by atomic mass is 32.2. The van der Waals surface area contributed by atoms with Gasteiger partial charge in [-0.15, -0.1) is 0 Å². The molecule has 0 spiro atoms. The van der Waals surface area contributed by atoms with Crippen molar-refractivity contribution in [1.82, 2.24) is 5.32 Å². The zero-order valence-corrected chi connectivity index (χ0v) is 6.73. The molecule has 3 atom stereocenters. The molecule has 0 aromatic carbocycles. The molecule has 0 radical (unpaired) electrons. The lowest BCUT2D eigenvalue weighted by atomic mass is 9.95. The van der Waals surface area contributed by atoms with Crippen LogP contribution < -0.4 is 5.32 Å². The second-order valence-corrected chi connectivity index (χ2v) is 4.45. The molecule has 2 N–H and O–H groups in total. The molecular weight excluding hydrogens is 146 g/mol. The summed E-state index contributed by atoms with van der Waals surface area (Å²) >= 11 is 2.03. The Labute approximate surface area is 65.4 Å². The van der Waals surface area contributed by atoms with E-state index in [-0.39, 0.29) is 6.10 Å². The van der Waals surface area contributed by atoms with Crippen molar-refractivity contribution in [3.8, 4) is 0 Å². The highest BCUT2D eigenvalue weighted by molar-refractivity contribution is 8.06. The lowest BCUT2D eigenvalue weighted by Crippen LogP contribution is -2.41. The Morgan fingerprint density at radius 3 is 2.80 bits per heavy atom. The van der Waals surface area contributed by atoms with E-state index in [9.17, 15) is 5.11 Å². The second-order valence-electron chi connectivity index (χ2n) is 3.18. The highest BCUT2D eigenvalue weighted by Gasteiger charge is 2.34. The number of rotatable bonds is 1. The smallest absolute Gasteiger partial charge is 0.0668 e. The van der Waals surface area contributed by atoms with Gasteiger partial charge in [0.2, 0.25) is 0 Å². The molecule has 2 saturated heterocycles. The van der Waals surface area contributed by atoms with Crippen LogP contribution in [0.5, 0.6) is 0 Å². The summed E-state index contributed by atoms with van der Waals surface area (Å²) in [5.41, 5.74) is 0. The minimum Gasteiger partial charge on any atom is -0.392 e. The van der Waals surface area contributed by atoms with Crippen LogP contribution >= 0.6 is 11.8 Å². The maximum atomic E-state index is 9.28. The highest BCUT2D eigenvalue weighted by Crippen LogP contribution is 2.39. The molecule has 0 aromatic heterocycles. The normalized spacial score (nSPS) is 47.1. The van der Waals surface area contributed by atoms with Crippen molar-refractivity contribution in [3.05, 3.63) is 0 Å². The van der Waals surface area contributed by atoms with Crippen molar-refractivity contribution < 1.29 is 5.11 Å². The van der Waals surface area contributed by atoms with E-state index in [4.69, 9.17) is 0 Å². The summed E-state index contributed by atoms with van der Waals surface area (Å²) in [6, 6.07) is 0. The Morgan fingerprint density at radius 2 is 2.20 bits per heavy atom. The number of hydrogen-bond acceptors (Lipinski definition) is 3. The van der Waals surface area contributed by atoms with Gasteiger partial charge in [0.25, 0.3) is 0 Å². The molecular formula is C7H13NOS. The molecule has 2 rings (SSSR count). The van der Waals surface area contributed by atoms with Crippen LogP contribution in [0.3, 0.4) is 0 Å². The molecule has 2 aliphatic rings. The SMILES string of the molecule is O[C@H]1CNC[C@@H](C2CS2)C1. The molecule has 2 heterocycles. The van der Waals surface area contributed by atoms with E-state index in [0.29, 0.717) is 0 Å². The van der Waals surface area contributed by atoms with Crippen LogP contribution in [0.1, 0.15) is 6.42 Å². The van der Waals surface area contributed by atoms with E-state index in [1.807, 2.05) is 11.8 Å². The van der Waals surface area contributed by atoms with Gasteiger partial charge < -0.3 is 10.4 Å². The summed E-state index contributed by atoms with van der Waals surface area (Å²) in [4.78, 5) is 0. The fourth-order valence-corrected chi connectivity index (χ4v) is 2.43. The van der Waals surface area contributed by atoms with Gasteiger partial charge in [0.15, 0.2) is 0 Å². The summed E-state index contributed by atoms with van der Waals surface area (Å²) in [5.74, 6) is 2.06. The first-order chi connectivity index (χ1) is 4.86. The van der Waals surface area contributed by atoms with Crippen molar-refractivity contribution in [3.63, 3.8) is 0 Å². The molecule has 1 unspecified atom stereocenters. The van der Waals surface area contributed by atoms with Crippen LogP contribution in [0.25, 0.3) is 0 Å². The molecule has 10 heavy (non-hydrogen) atoms. The standard InChI is InChI=1S/C7H13NOS/c9-6-1-5(2-8-3-6)7-4-10-7/h5-9H,1-4H2/t5-,6+,7?/m0/s1. The van der Waals surface area contributed by atoms with Gasteiger partial charge in [-0.25, -0.2) is 0 Å². The Balaban J connectivity index is 1.84. The minimum atomic E-state index is -0.0834. The topological polar surface area (TPSA) is 32.3 Å². The van der Waals surface area contributed by atoms with Crippen LogP contribution in [0.15, 0.2) is 0 Å². The predicted molar refractivity (Wildman–Crippen MR) is 43.2 cm³/mol. The third-order valence-electron chi connectivity index (χ3n) is 2.25. The monoisotopic (exact) mass is 159 g/mol. The maximum absolute atomic E-state index is 9.28. The van der Waals surface area contributed by atoms with Crippen LogP contribution in [0.4, 0.5) is 0 Å². The van der Waals surface area contributed by atoms with E-state index in [1.165, 1.54) is 5.75 Å². The fraction of sp³-hybridized carbons (Fsp3) is 1.00. The van der Waals surface area contributed by atoms with E-state index >= 15 is 0 Å². The maximum Gasteiger partial charge on any atom is 0.0668 e. The van der Waals surface area contributed by atoms with Gasteiger partial charge in [-0.1, -0.05) is 0 Å². The van der Waals surface area contributed by atoms with Gasteiger partial charge in [-0.2, -0.15) is 11.8 Å². The van der Waals surface area contributed by atoms with Gasteiger partial charge in [-0.3, -0.25) is 0 Å². The number of β-amino-alcohol motifs (C(OH)–C–C–N with tert-alkyl or cyclic N) is 1. The molecule has 2 nitrogen and oxygen atoms in total. The van der Waals surface area contributed by atoms with Crippen LogP contribution in [-0.4, -0.2) is 35.3 Å². The largest absolute Gasteiger partial charge is 0.392 e. The predicted octanol–water partition coefficient (Wildman–Crippen LogP) is 0.0722. The van der Waals surface area contributed by atoms with E-state index in [2.05, 4.69) is 5.32 Å². The first-order valence-corrected chi connectivity index (χ1v) is 4.91. The number of thioether (sulfide) groups is 1. The Hall–Kier alpha value is 0.270. The quantitative estimate of drug-likeness (QED) is 0.531. The van der Waals surface area contributed by atoms with E-state index in [0.717, 1.165) is 30.7 Å². The molecule has 0 aromatic rings. The number of hydrogen-bond donors (Lipinski definition) is 2. The van der Waals surface area contributed by atoms with Crippen LogP contribution in [0, 0.1) is 5.92 Å². The number of aliphatic hydroxyl groups is 1. The van der Waals surface area contributed by atoms with Gasteiger partial charge in [0, 0.05) is 17.5 Å². The Morgan fingerprint density at radius 1 is 1.40 bits per heavy atom. The van der Waals surface area contributed by atoms with Crippen molar-refractivity contribution in [1.29, 1.82) is 0 Å². The van der Waals surface area contributed by atoms with E-state index < -0.39 is 0 Å². The number of piperidine rings is 1. The fourth-order valence-electron chi connectivity index (χ4n) is 1.56. The summed E-state index contributed by atoms with van der Waals surface area (Å²) in [6.07, 6.45) is 0.935. The zero-order valence-electron chi connectivity index (χ0n) is 5.92. The molecule has 0 bridgehead atoms. The molecule has 3 heteroatoms. The van der Waals surface area contributed by atoms with Crippen molar-refractivity contribution in [2.75, 3.05) is 18.8 Å². The first kappa shape index (κ1) is 6.95. The van der Waals surface area contributed by atoms with Crippen molar-refractivity contribution in [2.24, 2.45) is 5.92 Å². The van der Waals surface area contributed by atoms with Crippen molar-refractivity contribution in [2.45, 2.75) is 17.8 Å². The summed E-state index contributed by atoms with van der Waals surface area (Å²) < 4.78 is 0. The zero-order chi connectivity index (χ0) is 6.97. The second kappa shape index (κ2) is 2.72. The number of aliphatic hydroxyl groups excluding tert-OH is 1. The lowest BCUT2D eigenvalue weighted by Gasteiger charge is -2.25. The Kier molecular flexibility index (Phi) is 1.89. The minimum absolute atomic E-state index is 0.0834. The van der Waals surface area contributed by atoms with Gasteiger partial charge in [-0.05, 0) is 18.9 Å². The molecule has 0 amide bonds. The average Bonchev–Trinajstić information content (AvgIpc) is 2.68. The molecule has 58 valence electrons. The number of nitrogens with one attached hydrogen (secondary N) is 1. The molecule has 2 aliphatic heterocycles. The van der Waals surface area contributed by atoms with Crippen LogP contribution in [-0.2, 0) is 0 Å². The molecule has 2 fully saturated rings. The van der Waals surface area contributed by atoms with Crippen LogP contribution in [0.2, 0.25) is 0 Å². The lowest BCUT2D eigenvalue weighted by molar-refractivity contribution is 0.117. The van der Waals surface area contributed by atoms with E-state index in [1.54, 1.807) is 0 Å². The molecule has 0 saturated carbocycles. The van der Waals surface area contributed by atoms with Gasteiger partial charge >= 0.3 is 0 Å². The Bertz CT molecular complexity index is 127. The summed E-state index contributed by atoms with van der Waals surface area (Å²) in [6.45, 7) is 1.92. The average molecular weight is 159 g/mol. The molecule has 0 aliphatic carbocycles. The summed E-state index contributed by atoms with van der Waals surface area (Å²) in [7, 11) is 0. The summed E-state index contributed by atoms with van der Waals surface area (Å²) in [5, 5.41) is 13.4. The van der Waals surface area contributed by atoms with Crippen molar-refractivity contribution >= 4 is 11.8 Å². The first-order valence-electron chi connectivity index (χ1n) is 3.86.